The molecule has 0 aliphatic rings. The molecule has 0 atom stereocenters. The summed E-state index contributed by atoms with van der Waals surface area (Å²) < 4.78 is 0. The van der Waals surface area contributed by atoms with E-state index in [2.05, 4.69) is 15.5 Å². The number of hydrogen-bond donors (Lipinski definition) is 1. The Kier molecular flexibility index (Phi) is 5.00. The van der Waals surface area contributed by atoms with Crippen molar-refractivity contribution >= 4 is 57.8 Å². The highest BCUT2D eigenvalue weighted by Crippen LogP contribution is 2.22. The molecule has 7 heteroatoms. The van der Waals surface area contributed by atoms with E-state index in [4.69, 9.17) is 34.8 Å². The maximum absolute atomic E-state index is 12.0. The quantitative estimate of drug-likeness (QED) is 0.398. The molecule has 4 nitrogen and oxygen atoms in total. The van der Waals surface area contributed by atoms with Crippen molar-refractivity contribution in [2.24, 2.45) is 5.10 Å². The first-order valence-electron chi connectivity index (χ1n) is 6.88. The molecular weight excluding hydrogens is 369 g/mol. The maximum atomic E-state index is 12.0. The number of nitrogens with zero attached hydrogens (tertiary/aromatic N) is 2. The van der Waals surface area contributed by atoms with Gasteiger partial charge in [-0.1, -0.05) is 53.0 Å². The number of carbonyl (C=O) groups excluding carboxylic acids is 1. The predicted molar refractivity (Wildman–Crippen MR) is 98.3 cm³/mol. The van der Waals surface area contributed by atoms with E-state index in [0.29, 0.717) is 26.3 Å². The molecule has 0 bridgehead atoms. The van der Waals surface area contributed by atoms with E-state index in [1.54, 1.807) is 12.1 Å². The standard InChI is InChI=1S/C17H10Cl3N3O/c18-13-6-5-11(8-14(13)19)17(24)23-21-9-12-7-10-3-1-2-4-15(10)22-16(12)20/h1-9H,(H,23,24)/b21-9+. The number of nitrogens with one attached hydrogen (secondary N) is 1. The van der Waals surface area contributed by atoms with Crippen LogP contribution in [0.3, 0.4) is 0 Å². The third-order valence-corrected chi connectivity index (χ3v) is 4.30. The number of rotatable bonds is 3. The Labute approximate surface area is 153 Å². The van der Waals surface area contributed by atoms with Crippen LogP contribution in [0, 0.1) is 0 Å². The fourth-order valence-corrected chi connectivity index (χ4v) is 2.55. The van der Waals surface area contributed by atoms with Crippen LogP contribution < -0.4 is 5.43 Å². The van der Waals surface area contributed by atoms with Gasteiger partial charge in [0.15, 0.2) is 0 Å². The third kappa shape index (κ3) is 3.67. The fraction of sp³-hybridized carbons (Fsp3) is 0. The van der Waals surface area contributed by atoms with Crippen LogP contribution in [0.4, 0.5) is 0 Å². The highest BCUT2D eigenvalue weighted by molar-refractivity contribution is 6.42. The van der Waals surface area contributed by atoms with E-state index in [-0.39, 0.29) is 0 Å². The van der Waals surface area contributed by atoms with E-state index in [1.807, 2.05) is 30.3 Å². The van der Waals surface area contributed by atoms with Gasteiger partial charge in [-0.25, -0.2) is 10.4 Å². The number of para-hydroxylation sites is 1. The average Bonchev–Trinajstić information content (AvgIpc) is 2.57. The van der Waals surface area contributed by atoms with Crippen molar-refractivity contribution in [2.75, 3.05) is 0 Å². The first-order chi connectivity index (χ1) is 11.5. The number of pyridine rings is 1. The SMILES string of the molecule is O=C(N/N=C/c1cc2ccccc2nc1Cl)c1ccc(Cl)c(Cl)c1. The van der Waals surface area contributed by atoms with Crippen molar-refractivity contribution in [3.05, 3.63) is 74.9 Å². The molecule has 0 spiro atoms. The summed E-state index contributed by atoms with van der Waals surface area (Å²) in [4.78, 5) is 16.3. The lowest BCUT2D eigenvalue weighted by Crippen LogP contribution is -2.17. The van der Waals surface area contributed by atoms with Gasteiger partial charge < -0.3 is 0 Å². The normalized spacial score (nSPS) is 11.1. The Morgan fingerprint density at radius 1 is 1.04 bits per heavy atom. The van der Waals surface area contributed by atoms with Crippen LogP contribution in [0.2, 0.25) is 15.2 Å². The van der Waals surface area contributed by atoms with Gasteiger partial charge in [-0.2, -0.15) is 5.10 Å². The van der Waals surface area contributed by atoms with Crippen molar-refractivity contribution in [3.63, 3.8) is 0 Å². The topological polar surface area (TPSA) is 54.4 Å². The first-order valence-corrected chi connectivity index (χ1v) is 8.02. The van der Waals surface area contributed by atoms with Crippen molar-refractivity contribution in [1.29, 1.82) is 0 Å². The minimum Gasteiger partial charge on any atom is -0.267 e. The highest BCUT2D eigenvalue weighted by Gasteiger charge is 2.07. The van der Waals surface area contributed by atoms with E-state index in [9.17, 15) is 4.79 Å². The van der Waals surface area contributed by atoms with Gasteiger partial charge in [0.1, 0.15) is 5.15 Å². The molecular formula is C17H10Cl3N3O. The second kappa shape index (κ2) is 7.18. The molecule has 1 aromatic heterocycles. The van der Waals surface area contributed by atoms with Crippen LogP contribution >= 0.6 is 34.8 Å². The zero-order chi connectivity index (χ0) is 17.1. The summed E-state index contributed by atoms with van der Waals surface area (Å²) in [5.74, 6) is -0.408. The van der Waals surface area contributed by atoms with Crippen molar-refractivity contribution < 1.29 is 4.79 Å². The van der Waals surface area contributed by atoms with Gasteiger partial charge in [0.25, 0.3) is 5.91 Å². The van der Waals surface area contributed by atoms with Crippen molar-refractivity contribution in [2.45, 2.75) is 0 Å². The number of carbonyl (C=O) groups is 1. The van der Waals surface area contributed by atoms with Gasteiger partial charge in [0.2, 0.25) is 0 Å². The Balaban J connectivity index is 1.77. The van der Waals surface area contributed by atoms with Gasteiger partial charge in [-0.15, -0.1) is 0 Å². The fourth-order valence-electron chi connectivity index (χ4n) is 2.06. The minimum atomic E-state index is -0.408. The van der Waals surface area contributed by atoms with Crippen LogP contribution in [0.15, 0.2) is 53.6 Å². The lowest BCUT2D eigenvalue weighted by molar-refractivity contribution is 0.0955. The summed E-state index contributed by atoms with van der Waals surface area (Å²) in [6.07, 6.45) is 1.44. The van der Waals surface area contributed by atoms with E-state index < -0.39 is 5.91 Å². The second-order valence-electron chi connectivity index (χ2n) is 4.89. The van der Waals surface area contributed by atoms with Crippen LogP contribution in [0.5, 0.6) is 0 Å². The van der Waals surface area contributed by atoms with E-state index in [1.165, 1.54) is 12.3 Å². The summed E-state index contributed by atoms with van der Waals surface area (Å²) in [7, 11) is 0. The van der Waals surface area contributed by atoms with Gasteiger partial charge >= 0.3 is 0 Å². The molecule has 0 unspecified atom stereocenters. The molecule has 0 saturated heterocycles. The summed E-state index contributed by atoms with van der Waals surface area (Å²) in [6.45, 7) is 0. The Hall–Kier alpha value is -2.14. The average molecular weight is 379 g/mol. The number of hydrogen-bond acceptors (Lipinski definition) is 3. The van der Waals surface area contributed by atoms with Crippen LogP contribution in [-0.4, -0.2) is 17.1 Å². The Morgan fingerprint density at radius 3 is 2.62 bits per heavy atom. The molecule has 0 saturated carbocycles. The summed E-state index contributed by atoms with van der Waals surface area (Å²) in [6, 6.07) is 14.0. The minimum absolute atomic E-state index is 0.301. The molecule has 0 aliphatic carbocycles. The molecule has 24 heavy (non-hydrogen) atoms. The smallest absolute Gasteiger partial charge is 0.267 e. The lowest BCUT2D eigenvalue weighted by Gasteiger charge is -2.03. The molecule has 1 N–H and O–H groups in total. The summed E-state index contributed by atoms with van der Waals surface area (Å²) in [5.41, 5.74) is 4.16. The molecule has 3 aromatic rings. The van der Waals surface area contributed by atoms with Crippen molar-refractivity contribution in [1.82, 2.24) is 10.4 Å². The molecule has 3 rings (SSSR count). The molecule has 0 radical (unpaired) electrons. The van der Waals surface area contributed by atoms with Crippen LogP contribution in [-0.2, 0) is 0 Å². The van der Waals surface area contributed by atoms with Crippen LogP contribution in [0.1, 0.15) is 15.9 Å². The second-order valence-corrected chi connectivity index (χ2v) is 6.06. The maximum Gasteiger partial charge on any atom is 0.271 e. The monoisotopic (exact) mass is 377 g/mol. The van der Waals surface area contributed by atoms with Gasteiger partial charge in [0.05, 0.1) is 21.8 Å². The highest BCUT2D eigenvalue weighted by atomic mass is 35.5. The van der Waals surface area contributed by atoms with Gasteiger partial charge in [0, 0.05) is 16.5 Å². The lowest BCUT2D eigenvalue weighted by atomic mass is 10.2. The third-order valence-electron chi connectivity index (χ3n) is 3.26. The first kappa shape index (κ1) is 16.7. The molecule has 1 heterocycles. The number of aromatic nitrogens is 1. The van der Waals surface area contributed by atoms with Crippen LogP contribution in [0.25, 0.3) is 10.9 Å². The molecule has 1 amide bonds. The number of halogens is 3. The van der Waals surface area contributed by atoms with Crippen molar-refractivity contribution in [3.8, 4) is 0 Å². The molecule has 0 aliphatic heterocycles. The molecule has 120 valence electrons. The molecule has 2 aromatic carbocycles. The zero-order valence-corrected chi connectivity index (χ0v) is 14.4. The van der Waals surface area contributed by atoms with Gasteiger partial charge in [-0.05, 0) is 30.3 Å². The largest absolute Gasteiger partial charge is 0.271 e. The number of hydrazone groups is 1. The number of fused-ring (bicyclic) bond motifs is 1. The number of amides is 1. The summed E-state index contributed by atoms with van der Waals surface area (Å²) in [5, 5.41) is 5.83. The van der Waals surface area contributed by atoms with E-state index in [0.717, 1.165) is 10.9 Å². The zero-order valence-electron chi connectivity index (χ0n) is 12.1. The summed E-state index contributed by atoms with van der Waals surface area (Å²) >= 11 is 17.8. The Bertz CT molecular complexity index is 957. The van der Waals surface area contributed by atoms with Gasteiger partial charge in [-0.3, -0.25) is 4.79 Å². The number of benzene rings is 2. The predicted octanol–water partition coefficient (Wildman–Crippen LogP) is 4.96. The molecule has 0 fully saturated rings. The Morgan fingerprint density at radius 2 is 1.83 bits per heavy atom. The van der Waals surface area contributed by atoms with E-state index >= 15 is 0 Å².